The summed E-state index contributed by atoms with van der Waals surface area (Å²) < 4.78 is 28.3. The zero-order valence-electron chi connectivity index (χ0n) is 15.1. The summed E-state index contributed by atoms with van der Waals surface area (Å²) in [6.07, 6.45) is 0. The first kappa shape index (κ1) is 18.7. The minimum Gasteiger partial charge on any atom is -0.345 e. The molecule has 142 valence electrons. The fourth-order valence-electron chi connectivity index (χ4n) is 3.37. The zero-order valence-corrected chi connectivity index (χ0v) is 17.5. The van der Waals surface area contributed by atoms with Crippen molar-refractivity contribution < 1.29 is 8.42 Å². The molecule has 1 fully saturated rings. The number of halogens is 1. The summed E-state index contributed by atoms with van der Waals surface area (Å²) in [6, 6.07) is 10.6. The summed E-state index contributed by atoms with van der Waals surface area (Å²) in [5, 5.41) is 1.49. The van der Waals surface area contributed by atoms with E-state index in [0.717, 1.165) is 10.6 Å². The molecule has 1 aliphatic heterocycles. The predicted octanol–water partition coefficient (Wildman–Crippen LogP) is 4.08. The Bertz CT molecular complexity index is 1090. The number of nitrogens with zero attached hydrogens (tertiary/aromatic N) is 3. The van der Waals surface area contributed by atoms with Gasteiger partial charge in [0.2, 0.25) is 10.0 Å². The molecule has 8 heteroatoms. The Morgan fingerprint density at radius 3 is 2.37 bits per heavy atom. The molecule has 0 aliphatic carbocycles. The number of piperazine rings is 1. The van der Waals surface area contributed by atoms with Gasteiger partial charge < -0.3 is 4.90 Å². The number of aromatic nitrogens is 1. The van der Waals surface area contributed by atoms with Crippen LogP contribution in [0.15, 0.2) is 41.3 Å². The van der Waals surface area contributed by atoms with E-state index in [1.807, 2.05) is 0 Å². The molecule has 0 unspecified atom stereocenters. The van der Waals surface area contributed by atoms with Crippen LogP contribution in [-0.2, 0) is 10.0 Å². The van der Waals surface area contributed by atoms with Crippen LogP contribution in [0.4, 0.5) is 5.13 Å². The molecule has 1 aliphatic rings. The number of rotatable bonds is 3. The summed E-state index contributed by atoms with van der Waals surface area (Å²) in [4.78, 5) is 7.25. The van der Waals surface area contributed by atoms with Gasteiger partial charge in [0.05, 0.1) is 15.1 Å². The lowest BCUT2D eigenvalue weighted by Crippen LogP contribution is -2.48. The average molecular weight is 422 g/mol. The summed E-state index contributed by atoms with van der Waals surface area (Å²) in [5.41, 5.74) is 3.45. The number of hydrogen-bond donors (Lipinski definition) is 0. The molecule has 5 nitrogen and oxygen atoms in total. The molecule has 1 aromatic heterocycles. The number of hydrogen-bond acceptors (Lipinski definition) is 5. The Labute approximate surface area is 168 Å². The average Bonchev–Trinajstić information content (AvgIpc) is 3.06. The molecule has 0 N–H and O–H groups in total. The maximum absolute atomic E-state index is 12.8. The van der Waals surface area contributed by atoms with E-state index in [9.17, 15) is 8.42 Å². The van der Waals surface area contributed by atoms with Gasteiger partial charge in [-0.25, -0.2) is 13.4 Å². The fraction of sp³-hybridized carbons (Fsp3) is 0.316. The smallest absolute Gasteiger partial charge is 0.243 e. The second-order valence-corrected chi connectivity index (χ2v) is 10.2. The molecule has 0 spiro atoms. The number of sulfonamides is 1. The molecule has 27 heavy (non-hydrogen) atoms. The molecule has 2 heterocycles. The lowest BCUT2D eigenvalue weighted by molar-refractivity contribution is 0.385. The molecule has 0 atom stereocenters. The van der Waals surface area contributed by atoms with Gasteiger partial charge in [-0.05, 0) is 55.3 Å². The monoisotopic (exact) mass is 421 g/mol. The molecule has 0 bridgehead atoms. The van der Waals surface area contributed by atoms with E-state index < -0.39 is 10.0 Å². The molecular formula is C19H20ClN3O2S2. The summed E-state index contributed by atoms with van der Waals surface area (Å²) in [5.74, 6) is 0. The lowest BCUT2D eigenvalue weighted by Gasteiger charge is -2.33. The van der Waals surface area contributed by atoms with Crippen LogP contribution in [0.2, 0.25) is 5.02 Å². The van der Waals surface area contributed by atoms with E-state index in [0.29, 0.717) is 31.2 Å². The summed E-state index contributed by atoms with van der Waals surface area (Å²) >= 11 is 7.54. The number of benzene rings is 2. The molecule has 1 saturated heterocycles. The number of anilines is 1. The van der Waals surface area contributed by atoms with Crippen molar-refractivity contribution in [3.63, 3.8) is 0 Å². The van der Waals surface area contributed by atoms with Crippen molar-refractivity contribution in [2.45, 2.75) is 18.7 Å². The van der Waals surface area contributed by atoms with Gasteiger partial charge in [0.15, 0.2) is 5.13 Å². The molecule has 0 radical (unpaired) electrons. The SMILES string of the molecule is Cc1cc(C)c2nc(N3CCN(S(=O)(=O)c4ccc(Cl)cc4)CC3)sc2c1. The van der Waals surface area contributed by atoms with Crippen LogP contribution in [0.5, 0.6) is 0 Å². The van der Waals surface area contributed by atoms with Crippen LogP contribution in [0.3, 0.4) is 0 Å². The van der Waals surface area contributed by atoms with Crippen molar-refractivity contribution in [1.29, 1.82) is 0 Å². The van der Waals surface area contributed by atoms with Gasteiger partial charge in [-0.3, -0.25) is 0 Å². The Morgan fingerprint density at radius 2 is 1.70 bits per heavy atom. The van der Waals surface area contributed by atoms with Crippen LogP contribution in [0, 0.1) is 13.8 Å². The van der Waals surface area contributed by atoms with Crippen molar-refractivity contribution in [2.24, 2.45) is 0 Å². The van der Waals surface area contributed by atoms with Crippen molar-refractivity contribution >= 4 is 48.3 Å². The van der Waals surface area contributed by atoms with Crippen molar-refractivity contribution in [3.8, 4) is 0 Å². The topological polar surface area (TPSA) is 53.5 Å². The molecule has 2 aromatic carbocycles. The molecular weight excluding hydrogens is 402 g/mol. The Hall–Kier alpha value is -1.67. The quantitative estimate of drug-likeness (QED) is 0.639. The van der Waals surface area contributed by atoms with Crippen LogP contribution in [-0.4, -0.2) is 43.9 Å². The second-order valence-electron chi connectivity index (χ2n) is 6.77. The first-order chi connectivity index (χ1) is 12.8. The van der Waals surface area contributed by atoms with Crippen LogP contribution in [0.25, 0.3) is 10.2 Å². The standard InChI is InChI=1S/C19H20ClN3O2S2/c1-13-11-14(2)18-17(12-13)26-19(21-18)22-7-9-23(10-8-22)27(24,25)16-5-3-15(20)4-6-16/h3-6,11-12H,7-10H2,1-2H3. The second kappa shape index (κ2) is 7.05. The summed E-state index contributed by atoms with van der Waals surface area (Å²) in [6.45, 7) is 6.31. The first-order valence-corrected chi connectivity index (χ1v) is 11.4. The van der Waals surface area contributed by atoms with E-state index in [4.69, 9.17) is 16.6 Å². The van der Waals surface area contributed by atoms with Crippen LogP contribution >= 0.6 is 22.9 Å². The zero-order chi connectivity index (χ0) is 19.2. The van der Waals surface area contributed by atoms with E-state index >= 15 is 0 Å². The molecule has 3 aromatic rings. The van der Waals surface area contributed by atoms with Gasteiger partial charge in [-0.2, -0.15) is 4.31 Å². The molecule has 0 amide bonds. The van der Waals surface area contributed by atoms with Gasteiger partial charge >= 0.3 is 0 Å². The highest BCUT2D eigenvalue weighted by Crippen LogP contribution is 2.32. The highest BCUT2D eigenvalue weighted by molar-refractivity contribution is 7.89. The van der Waals surface area contributed by atoms with Gasteiger partial charge in [-0.1, -0.05) is 29.0 Å². The molecule has 4 rings (SSSR count). The van der Waals surface area contributed by atoms with E-state index in [1.165, 1.54) is 20.1 Å². The van der Waals surface area contributed by atoms with E-state index in [-0.39, 0.29) is 4.90 Å². The summed E-state index contributed by atoms with van der Waals surface area (Å²) in [7, 11) is -3.49. The Kier molecular flexibility index (Phi) is 4.88. The maximum Gasteiger partial charge on any atom is 0.243 e. The van der Waals surface area contributed by atoms with Crippen molar-refractivity contribution in [1.82, 2.24) is 9.29 Å². The van der Waals surface area contributed by atoms with Crippen molar-refractivity contribution in [2.75, 3.05) is 31.1 Å². The predicted molar refractivity (Wildman–Crippen MR) is 112 cm³/mol. The Morgan fingerprint density at radius 1 is 1.04 bits per heavy atom. The highest BCUT2D eigenvalue weighted by Gasteiger charge is 2.29. The van der Waals surface area contributed by atoms with Gasteiger partial charge in [0, 0.05) is 31.2 Å². The number of fused-ring (bicyclic) bond motifs is 1. The van der Waals surface area contributed by atoms with E-state index in [2.05, 4.69) is 30.9 Å². The maximum atomic E-state index is 12.8. The van der Waals surface area contributed by atoms with Gasteiger partial charge in [-0.15, -0.1) is 0 Å². The van der Waals surface area contributed by atoms with Crippen LogP contribution < -0.4 is 4.90 Å². The third-order valence-corrected chi connectivity index (χ3v) is 8.01. The number of aryl methyl sites for hydroxylation is 2. The fourth-order valence-corrected chi connectivity index (χ4v) is 6.11. The Balaban J connectivity index is 1.52. The van der Waals surface area contributed by atoms with E-state index in [1.54, 1.807) is 35.6 Å². The number of thiazole rings is 1. The third kappa shape index (κ3) is 3.57. The lowest BCUT2D eigenvalue weighted by atomic mass is 10.1. The van der Waals surface area contributed by atoms with Crippen molar-refractivity contribution in [3.05, 3.63) is 52.5 Å². The molecule has 0 saturated carbocycles. The minimum atomic E-state index is -3.49. The highest BCUT2D eigenvalue weighted by atomic mass is 35.5. The third-order valence-electron chi connectivity index (χ3n) is 4.78. The van der Waals surface area contributed by atoms with Crippen LogP contribution in [0.1, 0.15) is 11.1 Å². The largest absolute Gasteiger partial charge is 0.345 e. The first-order valence-electron chi connectivity index (χ1n) is 8.73. The normalized spacial score (nSPS) is 16.2. The minimum absolute atomic E-state index is 0.284. The van der Waals surface area contributed by atoms with Gasteiger partial charge in [0.1, 0.15) is 0 Å². The van der Waals surface area contributed by atoms with Gasteiger partial charge in [0.25, 0.3) is 0 Å².